The first-order valence-electron chi connectivity index (χ1n) is 9.50. The SMILES string of the molecule is C[C@@H](OC(=O)c1cc(S(=O)(=O)NC2CC2)c(Cl)cc1Cl)C(=O)c1c[nH]c2ccccc12. The molecule has 0 saturated heterocycles. The first kappa shape index (κ1) is 21.8. The van der Waals surface area contributed by atoms with Gasteiger partial charge in [-0.05, 0) is 38.0 Å². The minimum absolute atomic E-state index is 0.0767. The highest BCUT2D eigenvalue weighted by Crippen LogP contribution is 2.31. The Morgan fingerprint density at radius 2 is 1.84 bits per heavy atom. The van der Waals surface area contributed by atoms with Crippen LogP contribution in [-0.2, 0) is 14.8 Å². The zero-order valence-corrected chi connectivity index (χ0v) is 18.6. The van der Waals surface area contributed by atoms with Crippen molar-refractivity contribution in [1.82, 2.24) is 9.71 Å². The summed E-state index contributed by atoms with van der Waals surface area (Å²) in [5, 5.41) is 0.518. The average molecular weight is 481 g/mol. The van der Waals surface area contributed by atoms with E-state index in [0.717, 1.165) is 24.4 Å². The molecule has 0 spiro atoms. The quantitative estimate of drug-likeness (QED) is 0.386. The van der Waals surface area contributed by atoms with E-state index in [1.54, 1.807) is 18.3 Å². The molecule has 1 heterocycles. The molecule has 7 nitrogen and oxygen atoms in total. The Morgan fingerprint density at radius 3 is 2.55 bits per heavy atom. The van der Waals surface area contributed by atoms with Crippen LogP contribution in [0.4, 0.5) is 0 Å². The van der Waals surface area contributed by atoms with Gasteiger partial charge in [-0.3, -0.25) is 4.79 Å². The van der Waals surface area contributed by atoms with Crippen molar-refractivity contribution in [1.29, 1.82) is 0 Å². The van der Waals surface area contributed by atoms with Crippen LogP contribution in [-0.4, -0.2) is 37.3 Å². The van der Waals surface area contributed by atoms with Crippen molar-refractivity contribution in [2.24, 2.45) is 0 Å². The Morgan fingerprint density at radius 1 is 1.13 bits per heavy atom. The van der Waals surface area contributed by atoms with E-state index in [4.69, 9.17) is 27.9 Å². The zero-order valence-electron chi connectivity index (χ0n) is 16.3. The van der Waals surface area contributed by atoms with Crippen LogP contribution in [0.3, 0.4) is 0 Å². The summed E-state index contributed by atoms with van der Waals surface area (Å²) in [7, 11) is -3.92. The molecule has 0 aliphatic heterocycles. The number of ether oxygens (including phenoxy) is 1. The van der Waals surface area contributed by atoms with E-state index in [9.17, 15) is 18.0 Å². The summed E-state index contributed by atoms with van der Waals surface area (Å²) in [6.07, 6.45) is 1.92. The molecule has 0 unspecified atom stereocenters. The standard InChI is InChI=1S/C21H18Cl2N2O5S/c1-11(20(26)15-10-24-18-5-3-2-4-13(15)18)30-21(27)14-8-19(17(23)9-16(14)22)31(28,29)25-12-6-7-12/h2-5,8-12,24-25H,6-7H2,1H3/t11-/m1/s1. The summed E-state index contributed by atoms with van der Waals surface area (Å²) in [5.41, 5.74) is 0.971. The van der Waals surface area contributed by atoms with Crippen molar-refractivity contribution >= 4 is 55.9 Å². The molecule has 0 amide bonds. The highest BCUT2D eigenvalue weighted by Gasteiger charge is 2.31. The van der Waals surface area contributed by atoms with Crippen molar-refractivity contribution in [3.8, 4) is 0 Å². The summed E-state index contributed by atoms with van der Waals surface area (Å²) in [5.74, 6) is -1.33. The number of benzene rings is 2. The van der Waals surface area contributed by atoms with Crippen LogP contribution in [0.1, 0.15) is 40.5 Å². The molecule has 2 aromatic carbocycles. The van der Waals surface area contributed by atoms with E-state index in [-0.39, 0.29) is 26.5 Å². The molecule has 0 bridgehead atoms. The number of H-pyrrole nitrogens is 1. The maximum absolute atomic E-state index is 12.8. The number of aromatic amines is 1. The van der Waals surface area contributed by atoms with E-state index >= 15 is 0 Å². The van der Waals surface area contributed by atoms with Gasteiger partial charge in [-0.2, -0.15) is 0 Å². The maximum Gasteiger partial charge on any atom is 0.340 e. The Bertz CT molecular complexity index is 1300. The normalized spacial score (nSPS) is 15.1. The van der Waals surface area contributed by atoms with Crippen molar-refractivity contribution in [3.63, 3.8) is 0 Å². The molecule has 10 heteroatoms. The number of carbonyl (C=O) groups excluding carboxylic acids is 2. The van der Waals surface area contributed by atoms with Gasteiger partial charge in [0.2, 0.25) is 15.8 Å². The third-order valence-corrected chi connectivity index (χ3v) is 7.24. The lowest BCUT2D eigenvalue weighted by molar-refractivity contribution is 0.0319. The van der Waals surface area contributed by atoms with Crippen LogP contribution in [0.5, 0.6) is 0 Å². The molecule has 1 fully saturated rings. The first-order chi connectivity index (χ1) is 14.7. The van der Waals surface area contributed by atoms with Gasteiger partial charge >= 0.3 is 5.97 Å². The van der Waals surface area contributed by atoms with Gasteiger partial charge in [-0.25, -0.2) is 17.9 Å². The largest absolute Gasteiger partial charge is 0.451 e. The fourth-order valence-corrected chi connectivity index (χ4v) is 5.30. The molecule has 1 saturated carbocycles. The number of sulfonamides is 1. The molecule has 0 radical (unpaired) electrons. The van der Waals surface area contributed by atoms with Gasteiger partial charge in [0.25, 0.3) is 0 Å². The van der Waals surface area contributed by atoms with Crippen molar-refractivity contribution in [3.05, 3.63) is 63.8 Å². The number of fused-ring (bicyclic) bond motifs is 1. The van der Waals surface area contributed by atoms with E-state index < -0.39 is 27.9 Å². The molecule has 3 aromatic rings. The molecule has 4 rings (SSSR count). The number of carbonyl (C=O) groups is 2. The molecule has 1 aliphatic rings. The minimum Gasteiger partial charge on any atom is -0.451 e. The lowest BCUT2D eigenvalue weighted by Gasteiger charge is -2.14. The van der Waals surface area contributed by atoms with Crippen LogP contribution in [0.2, 0.25) is 10.0 Å². The van der Waals surface area contributed by atoms with E-state index in [2.05, 4.69) is 9.71 Å². The molecular weight excluding hydrogens is 463 g/mol. The molecule has 1 atom stereocenters. The third kappa shape index (κ3) is 4.48. The number of halogens is 2. The number of rotatable bonds is 7. The number of nitrogens with one attached hydrogen (secondary N) is 2. The Hall–Kier alpha value is -2.39. The van der Waals surface area contributed by atoms with E-state index in [0.29, 0.717) is 10.9 Å². The topological polar surface area (TPSA) is 105 Å². The summed E-state index contributed by atoms with van der Waals surface area (Å²) < 4.78 is 32.9. The summed E-state index contributed by atoms with van der Waals surface area (Å²) >= 11 is 12.2. The number of para-hydroxylation sites is 1. The fraction of sp³-hybridized carbons (Fsp3) is 0.238. The van der Waals surface area contributed by atoms with Gasteiger partial charge in [0, 0.05) is 28.7 Å². The van der Waals surface area contributed by atoms with Crippen LogP contribution in [0.25, 0.3) is 10.9 Å². The average Bonchev–Trinajstić information content (AvgIpc) is 3.41. The molecule has 1 aliphatic carbocycles. The van der Waals surface area contributed by atoms with Crippen molar-refractivity contribution in [2.45, 2.75) is 36.8 Å². The number of Topliss-reactive ketones (excluding diaryl/α,β-unsaturated/α-hetero) is 1. The second-order valence-corrected chi connectivity index (χ2v) is 9.81. The molecular formula is C21H18Cl2N2O5S. The van der Waals surface area contributed by atoms with Crippen LogP contribution in [0.15, 0.2) is 47.5 Å². The highest BCUT2D eigenvalue weighted by molar-refractivity contribution is 7.89. The molecule has 31 heavy (non-hydrogen) atoms. The third-order valence-electron chi connectivity index (χ3n) is 4.94. The van der Waals surface area contributed by atoms with Gasteiger partial charge in [0.1, 0.15) is 4.90 Å². The van der Waals surface area contributed by atoms with Crippen LogP contribution >= 0.6 is 23.2 Å². The van der Waals surface area contributed by atoms with Gasteiger partial charge in [0.05, 0.1) is 15.6 Å². The Labute approximate surface area is 188 Å². The zero-order chi connectivity index (χ0) is 22.3. The summed E-state index contributed by atoms with van der Waals surface area (Å²) in [6.45, 7) is 1.44. The first-order valence-corrected chi connectivity index (χ1v) is 11.7. The number of hydrogen-bond acceptors (Lipinski definition) is 5. The minimum atomic E-state index is -3.92. The predicted molar refractivity (Wildman–Crippen MR) is 117 cm³/mol. The van der Waals surface area contributed by atoms with Crippen molar-refractivity contribution < 1.29 is 22.7 Å². The van der Waals surface area contributed by atoms with E-state index in [1.165, 1.54) is 13.0 Å². The lowest BCUT2D eigenvalue weighted by atomic mass is 10.1. The Balaban J connectivity index is 1.57. The second kappa shape index (κ2) is 8.27. The van der Waals surface area contributed by atoms with Gasteiger partial charge in [0.15, 0.2) is 6.10 Å². The second-order valence-electron chi connectivity index (χ2n) is 7.32. The number of hydrogen-bond donors (Lipinski definition) is 2. The monoisotopic (exact) mass is 480 g/mol. The Kier molecular flexibility index (Phi) is 5.83. The summed E-state index contributed by atoms with van der Waals surface area (Å²) in [6, 6.07) is 9.36. The fourth-order valence-electron chi connectivity index (χ4n) is 3.15. The van der Waals surface area contributed by atoms with Crippen LogP contribution in [0, 0.1) is 0 Å². The van der Waals surface area contributed by atoms with Crippen LogP contribution < -0.4 is 4.72 Å². The lowest BCUT2D eigenvalue weighted by Crippen LogP contribution is -2.27. The van der Waals surface area contributed by atoms with Gasteiger partial charge in [-0.15, -0.1) is 0 Å². The highest BCUT2D eigenvalue weighted by atomic mass is 35.5. The smallest absolute Gasteiger partial charge is 0.340 e. The maximum atomic E-state index is 12.8. The van der Waals surface area contributed by atoms with E-state index in [1.807, 2.05) is 12.1 Å². The number of aromatic nitrogens is 1. The molecule has 2 N–H and O–H groups in total. The number of esters is 1. The molecule has 1 aromatic heterocycles. The van der Waals surface area contributed by atoms with Gasteiger partial charge in [-0.1, -0.05) is 41.4 Å². The van der Waals surface area contributed by atoms with Gasteiger partial charge < -0.3 is 9.72 Å². The summed E-state index contributed by atoms with van der Waals surface area (Å²) in [4.78, 5) is 28.3. The number of ketones is 1. The molecule has 162 valence electrons. The van der Waals surface area contributed by atoms with Crippen molar-refractivity contribution in [2.75, 3.05) is 0 Å². The predicted octanol–water partition coefficient (Wildman–Crippen LogP) is 4.34.